The number of imide groups is 1. The molecule has 1 aliphatic heterocycles. The van der Waals surface area contributed by atoms with Gasteiger partial charge in [0.25, 0.3) is 0 Å². The first-order chi connectivity index (χ1) is 7.22. The number of amides is 2. The molecule has 0 bridgehead atoms. The van der Waals surface area contributed by atoms with Gasteiger partial charge in [-0.05, 0) is 6.92 Å². The second-order valence-electron chi connectivity index (χ2n) is 3.16. The fraction of sp³-hybridized carbons (Fsp3) is 0.778. The van der Waals surface area contributed by atoms with E-state index in [2.05, 4.69) is 10.1 Å². The zero-order valence-electron chi connectivity index (χ0n) is 8.82. The van der Waals surface area contributed by atoms with Gasteiger partial charge in [-0.25, -0.2) is 4.79 Å². The van der Waals surface area contributed by atoms with E-state index in [4.69, 9.17) is 4.74 Å². The Balaban J connectivity index is 2.19. The second kappa shape index (κ2) is 6.36. The molecule has 6 heteroatoms. The lowest BCUT2D eigenvalue weighted by Crippen LogP contribution is -2.44. The minimum Gasteiger partial charge on any atom is -0.450 e. The Bertz CT molecular complexity index is 226. The highest BCUT2D eigenvalue weighted by Gasteiger charge is 2.15. The summed E-state index contributed by atoms with van der Waals surface area (Å²) < 4.78 is 9.72. The maximum atomic E-state index is 11.3. The van der Waals surface area contributed by atoms with Crippen molar-refractivity contribution in [3.63, 3.8) is 0 Å². The number of carbonyl (C=O) groups excluding carboxylic acids is 2. The number of ether oxygens (including phenoxy) is 2. The lowest BCUT2D eigenvalue weighted by Gasteiger charge is -2.25. The zero-order valence-corrected chi connectivity index (χ0v) is 8.82. The van der Waals surface area contributed by atoms with E-state index in [1.807, 2.05) is 4.90 Å². The summed E-state index contributed by atoms with van der Waals surface area (Å²) in [5.41, 5.74) is 0. The largest absolute Gasteiger partial charge is 0.450 e. The summed E-state index contributed by atoms with van der Waals surface area (Å²) in [5.74, 6) is -0.338. The first-order valence-electron chi connectivity index (χ1n) is 4.99. The van der Waals surface area contributed by atoms with Crippen molar-refractivity contribution in [1.29, 1.82) is 0 Å². The van der Waals surface area contributed by atoms with E-state index in [-0.39, 0.29) is 19.1 Å². The minimum absolute atomic E-state index is 0.210. The Morgan fingerprint density at radius 3 is 2.67 bits per heavy atom. The quantitative estimate of drug-likeness (QED) is 0.694. The predicted molar refractivity (Wildman–Crippen MR) is 52.4 cm³/mol. The van der Waals surface area contributed by atoms with Crippen LogP contribution in [0.3, 0.4) is 0 Å². The first-order valence-corrected chi connectivity index (χ1v) is 4.99. The molecule has 0 aliphatic carbocycles. The maximum Gasteiger partial charge on any atom is 0.413 e. The number of morpholine rings is 1. The van der Waals surface area contributed by atoms with Crippen molar-refractivity contribution in [2.45, 2.75) is 6.92 Å². The monoisotopic (exact) mass is 216 g/mol. The molecule has 0 aromatic heterocycles. The van der Waals surface area contributed by atoms with Gasteiger partial charge in [-0.1, -0.05) is 0 Å². The van der Waals surface area contributed by atoms with E-state index in [1.165, 1.54) is 0 Å². The smallest absolute Gasteiger partial charge is 0.413 e. The van der Waals surface area contributed by atoms with E-state index in [1.54, 1.807) is 6.92 Å². The first kappa shape index (κ1) is 11.9. The molecular formula is C9H16N2O4. The third-order valence-electron chi connectivity index (χ3n) is 1.99. The Labute approximate surface area is 88.5 Å². The SMILES string of the molecule is CCOC(=O)NC(=O)CN1CCOCC1. The van der Waals surface area contributed by atoms with E-state index >= 15 is 0 Å². The Morgan fingerprint density at radius 1 is 1.40 bits per heavy atom. The van der Waals surface area contributed by atoms with Gasteiger partial charge in [0.15, 0.2) is 0 Å². The van der Waals surface area contributed by atoms with Crippen LogP contribution in [0.25, 0.3) is 0 Å². The van der Waals surface area contributed by atoms with E-state index < -0.39 is 6.09 Å². The summed E-state index contributed by atoms with van der Waals surface area (Å²) in [7, 11) is 0. The molecule has 0 aromatic rings. The fourth-order valence-corrected chi connectivity index (χ4v) is 1.28. The van der Waals surface area contributed by atoms with Crippen LogP contribution < -0.4 is 5.32 Å². The van der Waals surface area contributed by atoms with Crippen LogP contribution in [0.15, 0.2) is 0 Å². The van der Waals surface area contributed by atoms with Crippen molar-refractivity contribution in [3.05, 3.63) is 0 Å². The van der Waals surface area contributed by atoms with Gasteiger partial charge in [0.05, 0.1) is 26.4 Å². The summed E-state index contributed by atoms with van der Waals surface area (Å²) in [4.78, 5) is 24.1. The summed E-state index contributed by atoms with van der Waals surface area (Å²) >= 11 is 0. The number of nitrogens with one attached hydrogen (secondary N) is 1. The van der Waals surface area contributed by atoms with Gasteiger partial charge >= 0.3 is 6.09 Å². The number of rotatable bonds is 3. The molecule has 0 aromatic carbocycles. The van der Waals surface area contributed by atoms with E-state index in [0.29, 0.717) is 13.2 Å². The van der Waals surface area contributed by atoms with Crippen molar-refractivity contribution >= 4 is 12.0 Å². The lowest BCUT2D eigenvalue weighted by atomic mass is 10.4. The van der Waals surface area contributed by atoms with Crippen molar-refractivity contribution in [1.82, 2.24) is 10.2 Å². The average molecular weight is 216 g/mol. The van der Waals surface area contributed by atoms with Gasteiger partial charge in [0.2, 0.25) is 5.91 Å². The molecule has 1 saturated heterocycles. The number of hydrogen-bond donors (Lipinski definition) is 1. The summed E-state index contributed by atoms with van der Waals surface area (Å²) in [5, 5.41) is 2.15. The number of alkyl carbamates (subject to hydrolysis) is 1. The van der Waals surface area contributed by atoms with Crippen LogP contribution in [-0.4, -0.2) is 56.4 Å². The number of nitrogens with zero attached hydrogens (tertiary/aromatic N) is 1. The second-order valence-corrected chi connectivity index (χ2v) is 3.16. The van der Waals surface area contributed by atoms with Crippen molar-refractivity contribution < 1.29 is 19.1 Å². The minimum atomic E-state index is -0.684. The third kappa shape index (κ3) is 4.75. The summed E-state index contributed by atoms with van der Waals surface area (Å²) in [6.45, 7) is 4.86. The highest BCUT2D eigenvalue weighted by Crippen LogP contribution is 1.95. The lowest BCUT2D eigenvalue weighted by molar-refractivity contribution is -0.122. The highest BCUT2D eigenvalue weighted by atomic mass is 16.5. The van der Waals surface area contributed by atoms with Gasteiger partial charge in [0, 0.05) is 13.1 Å². The molecule has 0 saturated carbocycles. The van der Waals surface area contributed by atoms with Crippen LogP contribution in [0.1, 0.15) is 6.92 Å². The number of carbonyl (C=O) groups is 2. The van der Waals surface area contributed by atoms with Crippen LogP contribution >= 0.6 is 0 Å². The molecule has 15 heavy (non-hydrogen) atoms. The predicted octanol–water partition coefficient (Wildman–Crippen LogP) is -0.409. The van der Waals surface area contributed by atoms with Crippen molar-refractivity contribution in [2.24, 2.45) is 0 Å². The summed E-state index contributed by atoms with van der Waals surface area (Å²) in [6, 6.07) is 0. The molecular weight excluding hydrogens is 200 g/mol. The van der Waals surface area contributed by atoms with Crippen LogP contribution in [0.2, 0.25) is 0 Å². The van der Waals surface area contributed by atoms with Gasteiger partial charge in [-0.15, -0.1) is 0 Å². The molecule has 1 heterocycles. The van der Waals surface area contributed by atoms with Gasteiger partial charge in [0.1, 0.15) is 0 Å². The maximum absolute atomic E-state index is 11.3. The fourth-order valence-electron chi connectivity index (χ4n) is 1.28. The molecule has 86 valence electrons. The van der Waals surface area contributed by atoms with Gasteiger partial charge < -0.3 is 9.47 Å². The van der Waals surface area contributed by atoms with E-state index in [9.17, 15) is 9.59 Å². The van der Waals surface area contributed by atoms with Crippen LogP contribution in [-0.2, 0) is 14.3 Å². The molecule has 1 fully saturated rings. The average Bonchev–Trinajstić information content (AvgIpc) is 2.19. The Morgan fingerprint density at radius 2 is 2.07 bits per heavy atom. The molecule has 1 aliphatic rings. The molecule has 6 nitrogen and oxygen atoms in total. The normalized spacial score (nSPS) is 17.1. The third-order valence-corrected chi connectivity index (χ3v) is 1.99. The molecule has 0 radical (unpaired) electrons. The number of hydrogen-bond acceptors (Lipinski definition) is 5. The molecule has 0 unspecified atom stereocenters. The van der Waals surface area contributed by atoms with Gasteiger partial charge in [-0.3, -0.25) is 15.0 Å². The van der Waals surface area contributed by atoms with E-state index in [0.717, 1.165) is 13.1 Å². The molecule has 2 amide bonds. The van der Waals surface area contributed by atoms with Crippen LogP contribution in [0, 0.1) is 0 Å². The Hall–Kier alpha value is -1.14. The zero-order chi connectivity index (χ0) is 11.1. The molecule has 0 atom stereocenters. The Kier molecular flexibility index (Phi) is 5.06. The van der Waals surface area contributed by atoms with Crippen LogP contribution in [0.4, 0.5) is 4.79 Å². The molecule has 1 N–H and O–H groups in total. The van der Waals surface area contributed by atoms with Gasteiger partial charge in [-0.2, -0.15) is 0 Å². The molecule has 0 spiro atoms. The van der Waals surface area contributed by atoms with Crippen LogP contribution in [0.5, 0.6) is 0 Å². The summed E-state index contributed by atoms with van der Waals surface area (Å²) in [6.07, 6.45) is -0.684. The molecule has 1 rings (SSSR count). The van der Waals surface area contributed by atoms with Crippen molar-refractivity contribution in [3.8, 4) is 0 Å². The highest BCUT2D eigenvalue weighted by molar-refractivity contribution is 5.92. The topological polar surface area (TPSA) is 67.9 Å². The standard InChI is InChI=1S/C9H16N2O4/c1-2-15-9(13)10-8(12)7-11-3-5-14-6-4-11/h2-7H2,1H3,(H,10,12,13). The van der Waals surface area contributed by atoms with Crippen molar-refractivity contribution in [2.75, 3.05) is 39.5 Å².